The number of H-pyrrole nitrogens is 1. The molecule has 22 heavy (non-hydrogen) atoms. The molecule has 0 radical (unpaired) electrons. The lowest BCUT2D eigenvalue weighted by atomic mass is 10.4. The molecule has 0 saturated carbocycles. The van der Waals surface area contributed by atoms with E-state index in [1.165, 1.54) is 0 Å². The number of aromatic amines is 1. The molecule has 0 spiro atoms. The van der Waals surface area contributed by atoms with Gasteiger partial charge in [0, 0.05) is 7.05 Å². The van der Waals surface area contributed by atoms with Crippen molar-refractivity contribution in [1.29, 1.82) is 0 Å². The first kappa shape index (κ1) is 14.7. The molecule has 0 atom stereocenters. The molecule has 0 unspecified atom stereocenters. The Hall–Kier alpha value is -2.19. The summed E-state index contributed by atoms with van der Waals surface area (Å²) in [5, 5.41) is 8.92. The maximum atomic E-state index is 12.4. The van der Waals surface area contributed by atoms with Crippen LogP contribution in [0, 0.1) is 4.77 Å². The van der Waals surface area contributed by atoms with Crippen LogP contribution in [0.15, 0.2) is 40.3 Å². The van der Waals surface area contributed by atoms with Gasteiger partial charge in [-0.15, -0.1) is 11.3 Å². The Morgan fingerprint density at radius 1 is 1.50 bits per heavy atom. The Morgan fingerprint density at radius 2 is 2.36 bits per heavy atom. The van der Waals surface area contributed by atoms with Crippen molar-refractivity contribution in [3.63, 3.8) is 0 Å². The predicted molar refractivity (Wildman–Crippen MR) is 85.9 cm³/mol. The Labute approximate surface area is 136 Å². The number of carbonyl (C=O) groups is 1. The summed E-state index contributed by atoms with van der Waals surface area (Å²) in [6.07, 6.45) is 1.59. The van der Waals surface area contributed by atoms with Crippen LogP contribution in [0.3, 0.4) is 0 Å². The standard InChI is InChI=1S/C14H14N4O2S2/c1-17(8-10-4-2-6-20-10)12(19)9-18-13(15-16-14(18)21)11-5-3-7-22-11/h2-7H,8-9H2,1H3,(H,16,21). The van der Waals surface area contributed by atoms with Crippen molar-refractivity contribution in [2.75, 3.05) is 7.05 Å². The van der Waals surface area contributed by atoms with Crippen molar-refractivity contribution >= 4 is 29.5 Å². The van der Waals surface area contributed by atoms with Crippen LogP contribution >= 0.6 is 23.6 Å². The van der Waals surface area contributed by atoms with Crippen LogP contribution in [0.2, 0.25) is 0 Å². The molecule has 3 aromatic rings. The quantitative estimate of drug-likeness (QED) is 0.729. The van der Waals surface area contributed by atoms with Gasteiger partial charge in [-0.3, -0.25) is 14.5 Å². The number of furan rings is 1. The molecule has 0 aromatic carbocycles. The molecule has 114 valence electrons. The molecule has 1 N–H and O–H groups in total. The highest BCUT2D eigenvalue weighted by molar-refractivity contribution is 7.71. The van der Waals surface area contributed by atoms with Crippen molar-refractivity contribution in [2.24, 2.45) is 0 Å². The zero-order valence-corrected chi connectivity index (χ0v) is 13.5. The predicted octanol–water partition coefficient (Wildman–Crippen LogP) is 2.92. The van der Waals surface area contributed by atoms with Gasteiger partial charge >= 0.3 is 0 Å². The van der Waals surface area contributed by atoms with E-state index in [1.807, 2.05) is 23.6 Å². The Morgan fingerprint density at radius 3 is 3.05 bits per heavy atom. The van der Waals surface area contributed by atoms with Gasteiger partial charge in [-0.05, 0) is 35.8 Å². The van der Waals surface area contributed by atoms with E-state index in [9.17, 15) is 4.79 Å². The van der Waals surface area contributed by atoms with E-state index >= 15 is 0 Å². The van der Waals surface area contributed by atoms with Gasteiger partial charge in [0.25, 0.3) is 0 Å². The van der Waals surface area contributed by atoms with Crippen molar-refractivity contribution in [3.8, 4) is 10.7 Å². The van der Waals surface area contributed by atoms with Crippen molar-refractivity contribution in [1.82, 2.24) is 19.7 Å². The number of likely N-dealkylation sites (N-methyl/N-ethyl adjacent to an activating group) is 1. The fourth-order valence-electron chi connectivity index (χ4n) is 2.04. The summed E-state index contributed by atoms with van der Waals surface area (Å²) in [6, 6.07) is 7.52. The summed E-state index contributed by atoms with van der Waals surface area (Å²) in [5.74, 6) is 1.36. The number of nitrogens with one attached hydrogen (secondary N) is 1. The van der Waals surface area contributed by atoms with E-state index in [0.717, 1.165) is 10.6 Å². The van der Waals surface area contributed by atoms with Gasteiger partial charge in [-0.2, -0.15) is 5.10 Å². The first-order valence-corrected chi connectivity index (χ1v) is 7.89. The van der Waals surface area contributed by atoms with Gasteiger partial charge in [0.05, 0.1) is 17.7 Å². The number of hydrogen-bond donors (Lipinski definition) is 1. The highest BCUT2D eigenvalue weighted by atomic mass is 32.1. The summed E-state index contributed by atoms with van der Waals surface area (Å²) < 4.78 is 7.40. The normalized spacial score (nSPS) is 10.8. The van der Waals surface area contributed by atoms with Crippen LogP contribution in [0.5, 0.6) is 0 Å². The third kappa shape index (κ3) is 3.02. The van der Waals surface area contributed by atoms with Gasteiger partial charge in [0.2, 0.25) is 5.91 Å². The molecule has 0 fully saturated rings. The van der Waals surface area contributed by atoms with Crippen LogP contribution in [-0.4, -0.2) is 32.6 Å². The summed E-state index contributed by atoms with van der Waals surface area (Å²) in [7, 11) is 1.74. The van der Waals surface area contributed by atoms with Gasteiger partial charge in [0.15, 0.2) is 10.6 Å². The van der Waals surface area contributed by atoms with E-state index < -0.39 is 0 Å². The van der Waals surface area contributed by atoms with Gasteiger partial charge in [-0.25, -0.2) is 0 Å². The van der Waals surface area contributed by atoms with Gasteiger partial charge in [-0.1, -0.05) is 6.07 Å². The molecule has 0 aliphatic rings. The molecule has 0 saturated heterocycles. The molecule has 3 aromatic heterocycles. The third-order valence-corrected chi connectivity index (χ3v) is 4.37. The summed E-state index contributed by atoms with van der Waals surface area (Å²) in [6.45, 7) is 0.561. The largest absolute Gasteiger partial charge is 0.467 e. The van der Waals surface area contributed by atoms with Crippen molar-refractivity contribution in [2.45, 2.75) is 13.1 Å². The van der Waals surface area contributed by atoms with Gasteiger partial charge in [0.1, 0.15) is 12.3 Å². The second kappa shape index (κ2) is 6.29. The van der Waals surface area contributed by atoms with Crippen LogP contribution in [0.25, 0.3) is 10.7 Å². The highest BCUT2D eigenvalue weighted by Crippen LogP contribution is 2.22. The second-order valence-corrected chi connectivity index (χ2v) is 6.08. The smallest absolute Gasteiger partial charge is 0.242 e. The Bertz CT molecular complexity index is 802. The minimum absolute atomic E-state index is 0.0632. The lowest BCUT2D eigenvalue weighted by Gasteiger charge is -2.16. The average Bonchev–Trinajstić information content (AvgIpc) is 3.22. The number of rotatable bonds is 5. The van der Waals surface area contributed by atoms with Crippen LogP contribution in [0.4, 0.5) is 0 Å². The van der Waals surface area contributed by atoms with Crippen LogP contribution in [-0.2, 0) is 17.9 Å². The third-order valence-electron chi connectivity index (χ3n) is 3.19. The highest BCUT2D eigenvalue weighted by Gasteiger charge is 2.16. The zero-order valence-electron chi connectivity index (χ0n) is 11.9. The van der Waals surface area contributed by atoms with E-state index in [2.05, 4.69) is 10.2 Å². The molecule has 3 heterocycles. The lowest BCUT2D eigenvalue weighted by Crippen LogP contribution is -2.29. The molecule has 0 aliphatic heterocycles. The number of carbonyl (C=O) groups excluding carboxylic acids is 1. The Balaban J connectivity index is 1.77. The van der Waals surface area contributed by atoms with E-state index in [1.54, 1.807) is 40.2 Å². The molecule has 0 bridgehead atoms. The summed E-state index contributed by atoms with van der Waals surface area (Å²) in [4.78, 5) is 15.0. The zero-order chi connectivity index (χ0) is 15.5. The maximum absolute atomic E-state index is 12.4. The second-order valence-electron chi connectivity index (χ2n) is 4.74. The topological polar surface area (TPSA) is 67.1 Å². The monoisotopic (exact) mass is 334 g/mol. The lowest BCUT2D eigenvalue weighted by molar-refractivity contribution is -0.131. The van der Waals surface area contributed by atoms with Crippen molar-refractivity contribution in [3.05, 3.63) is 46.4 Å². The molecular formula is C14H14N4O2S2. The van der Waals surface area contributed by atoms with E-state index in [4.69, 9.17) is 16.6 Å². The maximum Gasteiger partial charge on any atom is 0.242 e. The number of thiophene rings is 1. The molecule has 6 nitrogen and oxygen atoms in total. The van der Waals surface area contributed by atoms with Crippen LogP contribution < -0.4 is 0 Å². The number of hydrogen-bond acceptors (Lipinski definition) is 5. The average molecular weight is 334 g/mol. The minimum Gasteiger partial charge on any atom is -0.467 e. The fourth-order valence-corrected chi connectivity index (χ4v) is 2.96. The fraction of sp³-hybridized carbons (Fsp3) is 0.214. The number of amides is 1. The first-order valence-electron chi connectivity index (χ1n) is 6.60. The molecule has 1 amide bonds. The summed E-state index contributed by atoms with van der Waals surface area (Å²) >= 11 is 6.78. The first-order chi connectivity index (χ1) is 10.6. The minimum atomic E-state index is -0.0632. The molecule has 8 heteroatoms. The summed E-state index contributed by atoms with van der Waals surface area (Å²) in [5.41, 5.74) is 0. The number of nitrogens with zero attached hydrogens (tertiary/aromatic N) is 3. The SMILES string of the molecule is CN(Cc1ccco1)C(=O)Cn1c(-c2cccs2)n[nH]c1=S. The Kier molecular flexibility index (Phi) is 4.21. The van der Waals surface area contributed by atoms with Gasteiger partial charge < -0.3 is 9.32 Å². The molecule has 0 aliphatic carbocycles. The van der Waals surface area contributed by atoms with Crippen LogP contribution in [0.1, 0.15) is 5.76 Å². The van der Waals surface area contributed by atoms with E-state index in [-0.39, 0.29) is 12.5 Å². The molecular weight excluding hydrogens is 320 g/mol. The van der Waals surface area contributed by atoms with Crippen molar-refractivity contribution < 1.29 is 9.21 Å². The number of aromatic nitrogens is 3. The van der Waals surface area contributed by atoms with E-state index in [0.29, 0.717) is 17.1 Å². The molecule has 3 rings (SSSR count).